The van der Waals surface area contributed by atoms with Crippen molar-refractivity contribution in [2.75, 3.05) is 6.61 Å². The zero-order chi connectivity index (χ0) is 8.69. The van der Waals surface area contributed by atoms with Gasteiger partial charge in [0.15, 0.2) is 0 Å². The topological polar surface area (TPSA) is 9.23 Å². The summed E-state index contributed by atoms with van der Waals surface area (Å²) in [5.74, 6) is 1.40. The van der Waals surface area contributed by atoms with Crippen molar-refractivity contribution in [1.82, 2.24) is 0 Å². The molecule has 1 atom stereocenters. The molecule has 0 rings (SSSR count). The number of ether oxygens (including phenoxy) is 1. The summed E-state index contributed by atoms with van der Waals surface area (Å²) in [4.78, 5) is 0. The average Bonchev–Trinajstić information content (AvgIpc) is 1.97. The Bertz CT molecular complexity index is 78.9. The van der Waals surface area contributed by atoms with E-state index in [1.54, 1.807) is 0 Å². The van der Waals surface area contributed by atoms with Crippen molar-refractivity contribution in [3.05, 3.63) is 6.61 Å². The van der Waals surface area contributed by atoms with E-state index in [2.05, 4.69) is 27.7 Å². The third-order valence-corrected chi connectivity index (χ3v) is 2.02. The standard InChI is InChI=1S/C10H21O/c1-5-6-7-11-8-10(4)9(2)3/h7,9-10H,5-6,8H2,1-4H3. The molecule has 0 heterocycles. The molecule has 0 amide bonds. The summed E-state index contributed by atoms with van der Waals surface area (Å²) in [5, 5.41) is 0. The van der Waals surface area contributed by atoms with Crippen LogP contribution in [0.25, 0.3) is 0 Å². The minimum absolute atomic E-state index is 0.670. The van der Waals surface area contributed by atoms with Crippen LogP contribution < -0.4 is 0 Å². The molecule has 0 aromatic rings. The Morgan fingerprint density at radius 3 is 2.36 bits per heavy atom. The largest absolute Gasteiger partial charge is 0.375 e. The van der Waals surface area contributed by atoms with Crippen molar-refractivity contribution in [3.63, 3.8) is 0 Å². The zero-order valence-electron chi connectivity index (χ0n) is 8.26. The number of rotatable bonds is 6. The van der Waals surface area contributed by atoms with E-state index in [4.69, 9.17) is 4.74 Å². The minimum Gasteiger partial charge on any atom is -0.375 e. The fraction of sp³-hybridized carbons (Fsp3) is 0.900. The molecule has 0 aromatic carbocycles. The van der Waals surface area contributed by atoms with Crippen molar-refractivity contribution in [3.8, 4) is 0 Å². The highest BCUT2D eigenvalue weighted by Gasteiger charge is 2.05. The van der Waals surface area contributed by atoms with Gasteiger partial charge in [0.2, 0.25) is 0 Å². The third-order valence-electron chi connectivity index (χ3n) is 2.02. The summed E-state index contributed by atoms with van der Waals surface area (Å²) < 4.78 is 5.37. The molecule has 0 spiro atoms. The Hall–Kier alpha value is -0.0400. The van der Waals surface area contributed by atoms with Crippen molar-refractivity contribution < 1.29 is 4.74 Å². The van der Waals surface area contributed by atoms with E-state index in [0.29, 0.717) is 5.92 Å². The van der Waals surface area contributed by atoms with E-state index in [-0.39, 0.29) is 0 Å². The third kappa shape index (κ3) is 6.36. The fourth-order valence-electron chi connectivity index (χ4n) is 0.613. The molecule has 1 nitrogen and oxygen atoms in total. The second kappa shape index (κ2) is 6.66. The van der Waals surface area contributed by atoms with Crippen LogP contribution in [0, 0.1) is 18.4 Å². The quantitative estimate of drug-likeness (QED) is 0.538. The molecule has 0 aliphatic carbocycles. The molecule has 67 valence electrons. The smallest absolute Gasteiger partial charge is 0.0836 e. The molecule has 0 fully saturated rings. The predicted octanol–water partition coefficient (Wildman–Crippen LogP) is 3.26. The van der Waals surface area contributed by atoms with Crippen molar-refractivity contribution in [1.29, 1.82) is 0 Å². The Labute approximate surface area is 71.1 Å². The molecule has 0 bridgehead atoms. The van der Waals surface area contributed by atoms with E-state index < -0.39 is 0 Å². The molecular formula is C10H21O. The van der Waals surface area contributed by atoms with Crippen LogP contribution in [0.2, 0.25) is 0 Å². The molecule has 0 aromatic heterocycles. The van der Waals surface area contributed by atoms with Crippen LogP contribution in [-0.2, 0) is 4.74 Å². The van der Waals surface area contributed by atoms with Gasteiger partial charge in [-0.2, -0.15) is 0 Å². The lowest BCUT2D eigenvalue weighted by molar-refractivity contribution is 0.135. The van der Waals surface area contributed by atoms with E-state index in [1.807, 2.05) is 6.61 Å². The lowest BCUT2D eigenvalue weighted by Crippen LogP contribution is -2.10. The van der Waals surface area contributed by atoms with Crippen molar-refractivity contribution in [2.45, 2.75) is 40.5 Å². The molecule has 0 aliphatic heterocycles. The van der Waals surface area contributed by atoms with Gasteiger partial charge in [0.25, 0.3) is 0 Å². The number of unbranched alkanes of at least 4 members (excludes halogenated alkanes) is 1. The first-order chi connectivity index (χ1) is 5.18. The molecule has 1 unspecified atom stereocenters. The van der Waals surface area contributed by atoms with E-state index in [1.165, 1.54) is 6.42 Å². The van der Waals surface area contributed by atoms with Gasteiger partial charge in [-0.15, -0.1) is 0 Å². The maximum Gasteiger partial charge on any atom is 0.0836 e. The summed E-state index contributed by atoms with van der Waals surface area (Å²) in [7, 11) is 0. The maximum absolute atomic E-state index is 5.37. The highest BCUT2D eigenvalue weighted by atomic mass is 16.5. The number of hydrogen-bond acceptors (Lipinski definition) is 1. The molecule has 11 heavy (non-hydrogen) atoms. The van der Waals surface area contributed by atoms with Crippen LogP contribution in [0.3, 0.4) is 0 Å². The summed E-state index contributed by atoms with van der Waals surface area (Å²) in [6.45, 7) is 11.6. The lowest BCUT2D eigenvalue weighted by Gasteiger charge is -2.14. The summed E-state index contributed by atoms with van der Waals surface area (Å²) in [6, 6.07) is 0. The molecule has 1 heteroatoms. The maximum atomic E-state index is 5.37. The van der Waals surface area contributed by atoms with Gasteiger partial charge in [0.05, 0.1) is 6.61 Å². The molecule has 0 saturated heterocycles. The lowest BCUT2D eigenvalue weighted by atomic mass is 9.99. The van der Waals surface area contributed by atoms with Crippen LogP contribution in [0.1, 0.15) is 40.5 Å². The Balaban J connectivity index is 3.10. The van der Waals surface area contributed by atoms with E-state index in [9.17, 15) is 0 Å². The molecule has 0 saturated carbocycles. The second-order valence-corrected chi connectivity index (χ2v) is 3.51. The average molecular weight is 157 g/mol. The first-order valence-corrected chi connectivity index (χ1v) is 4.61. The van der Waals surface area contributed by atoms with Gasteiger partial charge in [-0.1, -0.05) is 34.1 Å². The van der Waals surface area contributed by atoms with Gasteiger partial charge < -0.3 is 4.74 Å². The SMILES string of the molecule is CCC[CH]OCC(C)C(C)C. The normalized spacial score (nSPS) is 13.9. The fourth-order valence-corrected chi connectivity index (χ4v) is 0.613. The van der Waals surface area contributed by atoms with Gasteiger partial charge in [-0.3, -0.25) is 0 Å². The van der Waals surface area contributed by atoms with Crippen LogP contribution in [-0.4, -0.2) is 6.61 Å². The second-order valence-electron chi connectivity index (χ2n) is 3.51. The highest BCUT2D eigenvalue weighted by molar-refractivity contribution is 4.57. The van der Waals surface area contributed by atoms with E-state index >= 15 is 0 Å². The first kappa shape index (κ1) is 11.0. The van der Waals surface area contributed by atoms with Crippen LogP contribution in [0.15, 0.2) is 0 Å². The van der Waals surface area contributed by atoms with E-state index in [0.717, 1.165) is 18.9 Å². The van der Waals surface area contributed by atoms with Crippen LogP contribution >= 0.6 is 0 Å². The summed E-state index contributed by atoms with van der Waals surface area (Å²) in [6.07, 6.45) is 2.25. The Kier molecular flexibility index (Phi) is 6.63. The zero-order valence-corrected chi connectivity index (χ0v) is 8.26. The van der Waals surface area contributed by atoms with Gasteiger partial charge >= 0.3 is 0 Å². The van der Waals surface area contributed by atoms with Gasteiger partial charge in [-0.05, 0) is 18.3 Å². The summed E-state index contributed by atoms with van der Waals surface area (Å²) >= 11 is 0. The van der Waals surface area contributed by atoms with Crippen LogP contribution in [0.4, 0.5) is 0 Å². The Morgan fingerprint density at radius 1 is 1.27 bits per heavy atom. The van der Waals surface area contributed by atoms with Gasteiger partial charge in [0.1, 0.15) is 0 Å². The summed E-state index contributed by atoms with van der Waals surface area (Å²) in [5.41, 5.74) is 0. The Morgan fingerprint density at radius 2 is 1.91 bits per heavy atom. The molecular weight excluding hydrogens is 136 g/mol. The number of hydrogen-bond donors (Lipinski definition) is 0. The van der Waals surface area contributed by atoms with Crippen molar-refractivity contribution >= 4 is 0 Å². The van der Waals surface area contributed by atoms with Gasteiger partial charge in [-0.25, -0.2) is 0 Å². The minimum atomic E-state index is 0.670. The highest BCUT2D eigenvalue weighted by Crippen LogP contribution is 2.10. The predicted molar refractivity (Wildman–Crippen MR) is 49.2 cm³/mol. The van der Waals surface area contributed by atoms with Crippen LogP contribution in [0.5, 0.6) is 0 Å². The first-order valence-electron chi connectivity index (χ1n) is 4.61. The molecule has 1 radical (unpaired) electrons. The monoisotopic (exact) mass is 157 g/mol. The molecule has 0 aliphatic rings. The van der Waals surface area contributed by atoms with Gasteiger partial charge in [0, 0.05) is 6.61 Å². The molecule has 0 N–H and O–H groups in total. The van der Waals surface area contributed by atoms with Crippen molar-refractivity contribution in [2.24, 2.45) is 11.8 Å².